The minimum atomic E-state index is -0.975. The van der Waals surface area contributed by atoms with Crippen LogP contribution in [0, 0.1) is 34.0 Å². The average Bonchev–Trinajstić information content (AvgIpc) is 3.69. The van der Waals surface area contributed by atoms with Crippen molar-refractivity contribution in [3.8, 4) is 18.2 Å². The number of ketones is 2. The summed E-state index contributed by atoms with van der Waals surface area (Å²) >= 11 is 15.9. The number of aromatic carboxylic acids is 1. The van der Waals surface area contributed by atoms with Crippen molar-refractivity contribution in [3.05, 3.63) is 49.5 Å². The summed E-state index contributed by atoms with van der Waals surface area (Å²) in [7, 11) is 0. The van der Waals surface area contributed by atoms with Crippen molar-refractivity contribution in [3.63, 3.8) is 0 Å². The molecule has 16 heteroatoms. The van der Waals surface area contributed by atoms with Crippen molar-refractivity contribution < 1.29 is 19.5 Å². The molecule has 0 radical (unpaired) electrons. The van der Waals surface area contributed by atoms with Crippen LogP contribution in [0.25, 0.3) is 0 Å². The molecule has 0 fully saturated rings. The zero-order valence-corrected chi connectivity index (χ0v) is 35.1. The van der Waals surface area contributed by atoms with Crippen LogP contribution in [0.2, 0.25) is 0 Å². The number of thioether (sulfide) groups is 3. The van der Waals surface area contributed by atoms with Crippen LogP contribution in [-0.4, -0.2) is 45.7 Å². The Bertz CT molecular complexity index is 1320. The molecule has 0 aliphatic heterocycles. The zero-order valence-electron chi connectivity index (χ0n) is 24.3. The van der Waals surface area contributed by atoms with Gasteiger partial charge in [-0.3, -0.25) is 9.59 Å². The molecule has 7 nitrogen and oxygen atoms in total. The molecule has 0 aliphatic rings. The van der Waals surface area contributed by atoms with Gasteiger partial charge < -0.3 is 5.11 Å². The zero-order chi connectivity index (χ0) is 33.9. The molecular formula is C27H28BrI2N3O4S6. The fourth-order valence-corrected chi connectivity index (χ4v) is 7.19. The number of carboxylic acid groups (broad SMARTS) is 1. The van der Waals surface area contributed by atoms with Gasteiger partial charge in [0.15, 0.2) is 11.6 Å². The summed E-state index contributed by atoms with van der Waals surface area (Å²) < 4.78 is 2.91. The summed E-state index contributed by atoms with van der Waals surface area (Å²) in [6.07, 6.45) is 5.62. The Morgan fingerprint density at radius 1 is 0.721 bits per heavy atom. The van der Waals surface area contributed by atoms with E-state index in [9.17, 15) is 14.4 Å². The van der Waals surface area contributed by atoms with Gasteiger partial charge in [-0.25, -0.2) is 4.79 Å². The lowest BCUT2D eigenvalue weighted by molar-refractivity contribution is 0.0701. The Morgan fingerprint density at radius 2 is 0.953 bits per heavy atom. The van der Waals surface area contributed by atoms with Gasteiger partial charge in [-0.05, 0) is 50.8 Å². The molecule has 0 aliphatic carbocycles. The number of rotatable bonds is 6. The lowest BCUT2D eigenvalue weighted by Crippen LogP contribution is -1.97. The van der Waals surface area contributed by atoms with Gasteiger partial charge in [-0.2, -0.15) is 15.8 Å². The third kappa shape index (κ3) is 18.2. The summed E-state index contributed by atoms with van der Waals surface area (Å²) in [5.41, 5.74) is 1.67. The monoisotopic (exact) mass is 983 g/mol. The Hall–Kier alpha value is -0.630. The molecule has 0 aromatic carbocycles. The van der Waals surface area contributed by atoms with Crippen molar-refractivity contribution in [1.82, 2.24) is 0 Å². The molecule has 232 valence electrons. The molecule has 1 N–H and O–H groups in total. The number of hydrogen-bond acceptors (Lipinski definition) is 12. The predicted molar refractivity (Wildman–Crippen MR) is 206 cm³/mol. The molecule has 43 heavy (non-hydrogen) atoms. The highest BCUT2D eigenvalue weighted by Gasteiger charge is 2.13. The van der Waals surface area contributed by atoms with E-state index in [-0.39, 0.29) is 16.4 Å². The molecule has 0 bridgehead atoms. The minimum Gasteiger partial charge on any atom is -0.477 e. The number of alkyl halides is 1. The van der Waals surface area contributed by atoms with Gasteiger partial charge in [0.05, 0.1) is 39.1 Å². The summed E-state index contributed by atoms with van der Waals surface area (Å²) in [6, 6.07) is 10.8. The van der Waals surface area contributed by atoms with E-state index in [0.717, 1.165) is 24.0 Å². The van der Waals surface area contributed by atoms with Crippen molar-refractivity contribution in [2.45, 2.75) is 51.6 Å². The van der Waals surface area contributed by atoms with E-state index < -0.39 is 5.97 Å². The third-order valence-corrected chi connectivity index (χ3v) is 10.9. The summed E-state index contributed by atoms with van der Waals surface area (Å²) in [5, 5.41) is 34.6. The van der Waals surface area contributed by atoms with E-state index in [1.165, 1.54) is 77.9 Å². The number of carbonyl (C=O) groups excluding carboxylic acids is 2. The van der Waals surface area contributed by atoms with Gasteiger partial charge in [0.1, 0.15) is 23.1 Å². The number of nitrogens with zero attached hydrogens (tertiary/aromatic N) is 3. The minimum absolute atomic E-state index is 0.0248. The van der Waals surface area contributed by atoms with Crippen molar-refractivity contribution >= 4 is 140 Å². The number of carbonyl (C=O) groups is 3. The van der Waals surface area contributed by atoms with Gasteiger partial charge in [0, 0.05) is 41.6 Å². The van der Waals surface area contributed by atoms with Crippen LogP contribution in [0.4, 0.5) is 0 Å². The van der Waals surface area contributed by atoms with Gasteiger partial charge in [0.25, 0.3) is 0 Å². The molecule has 3 rings (SSSR count). The van der Waals surface area contributed by atoms with Crippen LogP contribution in [0.15, 0.2) is 30.8 Å². The van der Waals surface area contributed by atoms with E-state index >= 15 is 0 Å². The lowest BCUT2D eigenvalue weighted by Gasteiger charge is -2.02. The predicted octanol–water partition coefficient (Wildman–Crippen LogP) is 11.1. The van der Waals surface area contributed by atoms with E-state index in [1.807, 2.05) is 24.8 Å². The molecule has 0 unspecified atom stereocenters. The molecule has 0 amide bonds. The van der Waals surface area contributed by atoms with Crippen LogP contribution in [0.5, 0.6) is 0 Å². The average molecular weight is 985 g/mol. The van der Waals surface area contributed by atoms with Crippen LogP contribution >= 0.6 is 122 Å². The first-order valence-electron chi connectivity index (χ1n) is 11.4. The maximum atomic E-state index is 10.9. The Balaban J connectivity index is 0. The molecule has 0 saturated heterocycles. The Kier molecular flexibility index (Phi) is 24.5. The molecule has 3 heterocycles. The van der Waals surface area contributed by atoms with E-state index in [2.05, 4.69) is 86.1 Å². The summed E-state index contributed by atoms with van der Waals surface area (Å²) in [6.45, 7) is 9.33. The molecule has 3 aromatic rings. The highest BCUT2D eigenvalue weighted by atomic mass is 128. The third-order valence-electron chi connectivity index (χ3n) is 3.92. The number of hydrogen-bond donors (Lipinski definition) is 1. The first-order chi connectivity index (χ1) is 20.1. The second-order valence-electron chi connectivity index (χ2n) is 8.37. The number of Topliss-reactive ketones (excluding diaryl/α,β-unsaturated/α-hetero) is 2. The normalized spacial score (nSPS) is 9.40. The van der Waals surface area contributed by atoms with Crippen molar-refractivity contribution in [2.24, 2.45) is 0 Å². The first kappa shape index (κ1) is 44.5. The number of thiophene rings is 3. The van der Waals surface area contributed by atoms with E-state index in [4.69, 9.17) is 20.9 Å². The van der Waals surface area contributed by atoms with E-state index in [1.54, 1.807) is 12.1 Å². The number of nitriles is 3. The fourth-order valence-electron chi connectivity index (χ4n) is 2.26. The molecule has 0 atom stereocenters. The molecule has 3 aromatic heterocycles. The highest BCUT2D eigenvalue weighted by molar-refractivity contribution is 15.0. The van der Waals surface area contributed by atoms with Crippen LogP contribution in [0.1, 0.15) is 80.3 Å². The van der Waals surface area contributed by atoms with Gasteiger partial charge in [0.2, 0.25) is 0 Å². The number of halogens is 3. The topological polar surface area (TPSA) is 143 Å². The van der Waals surface area contributed by atoms with Gasteiger partial charge in [-0.1, -0.05) is 36.7 Å². The first-order valence-corrected chi connectivity index (χ1v) is 24.6. The maximum Gasteiger partial charge on any atom is 0.345 e. The molecular weight excluding hydrogens is 956 g/mol. The largest absolute Gasteiger partial charge is 0.477 e. The Labute approximate surface area is 309 Å². The van der Waals surface area contributed by atoms with E-state index in [0.29, 0.717) is 30.8 Å². The Morgan fingerprint density at radius 3 is 1.12 bits per heavy atom. The van der Waals surface area contributed by atoms with Crippen LogP contribution in [0.3, 0.4) is 0 Å². The second kappa shape index (κ2) is 23.7. The maximum absolute atomic E-state index is 10.9. The smallest absolute Gasteiger partial charge is 0.345 e. The molecule has 0 saturated carbocycles. The summed E-state index contributed by atoms with van der Waals surface area (Å²) in [5.74, 6) is -0.926. The second-order valence-corrected chi connectivity index (χ2v) is 17.1. The van der Waals surface area contributed by atoms with Crippen LogP contribution in [-0.2, 0) is 0 Å². The summed E-state index contributed by atoms with van der Waals surface area (Å²) in [4.78, 5) is 33.9. The number of carboxylic acids is 1. The standard InChI is InChI=1S/2C8H7NOS2.C7H5NO2S2.C4H9Br.I2/c2*1-5(10)7-3-6(4-9)8(11-2)12-7;1-11-7-4(3-8)2-5(12-7)6(9)10;1-4(2,3)5;1-2/h2*3H,1-2H3;2H,1H3,(H,9,10);1-3H3;. The van der Waals surface area contributed by atoms with Crippen molar-refractivity contribution in [1.29, 1.82) is 15.8 Å². The SMILES string of the molecule is CC(C)(C)Br.CSc1sc(C(=O)O)cc1C#N.CSc1sc(C(C)=O)cc1C#N.CSc1sc(C(C)=O)cc1C#N.II. The van der Waals surface area contributed by atoms with Crippen LogP contribution < -0.4 is 0 Å². The highest BCUT2D eigenvalue weighted by Crippen LogP contribution is 2.31. The quantitative estimate of drug-likeness (QED) is 0.110. The molecule has 0 spiro atoms. The van der Waals surface area contributed by atoms with Gasteiger partial charge >= 0.3 is 5.97 Å². The lowest BCUT2D eigenvalue weighted by atomic mass is 10.3. The fraction of sp³-hybridized carbons (Fsp3) is 0.333. The van der Waals surface area contributed by atoms with Crippen molar-refractivity contribution in [2.75, 3.05) is 18.8 Å². The van der Waals surface area contributed by atoms with Gasteiger partial charge in [-0.15, -0.1) is 69.3 Å².